The van der Waals surface area contributed by atoms with E-state index in [1.807, 2.05) is 0 Å². The number of rotatable bonds is 6. The molecule has 1 aromatic rings. The zero-order valence-corrected chi connectivity index (χ0v) is 12.8. The second-order valence-corrected chi connectivity index (χ2v) is 5.68. The Labute approximate surface area is 128 Å². The van der Waals surface area contributed by atoms with Crippen LogP contribution in [0.2, 0.25) is 0 Å². The normalized spacial score (nSPS) is 10.3. The molecule has 0 atom stereocenters. The van der Waals surface area contributed by atoms with Crippen molar-refractivity contribution in [3.05, 3.63) is 42.0 Å². The number of carboxylic acid groups (broad SMARTS) is 2. The fourth-order valence-electron chi connectivity index (χ4n) is 1.61. The van der Waals surface area contributed by atoms with Crippen molar-refractivity contribution < 1.29 is 32.8 Å². The van der Waals surface area contributed by atoms with Crippen LogP contribution in [0.5, 0.6) is 0 Å². The van der Waals surface area contributed by atoms with Gasteiger partial charge < -0.3 is 10.2 Å². The Morgan fingerprint density at radius 2 is 1.68 bits per heavy atom. The number of aryl methyl sites for hydroxylation is 1. The molecule has 7 nitrogen and oxygen atoms in total. The SMILES string of the molecule is C=CCc1cccc(C)c1S(=O)(=O)O.O=C(O)CCC(=O)O. The van der Waals surface area contributed by atoms with Crippen LogP contribution in [-0.4, -0.2) is 35.1 Å². The molecule has 122 valence electrons. The van der Waals surface area contributed by atoms with E-state index >= 15 is 0 Å². The van der Waals surface area contributed by atoms with Gasteiger partial charge in [-0.05, 0) is 24.5 Å². The van der Waals surface area contributed by atoms with Gasteiger partial charge in [0, 0.05) is 0 Å². The number of hydrogen-bond acceptors (Lipinski definition) is 4. The molecule has 0 saturated heterocycles. The average molecular weight is 330 g/mol. The minimum Gasteiger partial charge on any atom is -0.481 e. The molecule has 8 heteroatoms. The van der Waals surface area contributed by atoms with E-state index in [2.05, 4.69) is 6.58 Å². The highest BCUT2D eigenvalue weighted by Crippen LogP contribution is 2.20. The van der Waals surface area contributed by atoms with Crippen LogP contribution in [0.4, 0.5) is 0 Å². The van der Waals surface area contributed by atoms with Crippen LogP contribution in [0.3, 0.4) is 0 Å². The lowest BCUT2D eigenvalue weighted by atomic mass is 10.1. The summed E-state index contributed by atoms with van der Waals surface area (Å²) >= 11 is 0. The van der Waals surface area contributed by atoms with Gasteiger partial charge in [0.2, 0.25) is 0 Å². The maximum Gasteiger partial charge on any atom is 0.303 e. The maximum atomic E-state index is 11.1. The third-order valence-electron chi connectivity index (χ3n) is 2.47. The highest BCUT2D eigenvalue weighted by atomic mass is 32.2. The van der Waals surface area contributed by atoms with Gasteiger partial charge in [-0.3, -0.25) is 14.1 Å². The van der Waals surface area contributed by atoms with E-state index in [0.717, 1.165) is 0 Å². The monoisotopic (exact) mass is 330 g/mol. The summed E-state index contributed by atoms with van der Waals surface area (Å²) in [5.74, 6) is -2.15. The number of carboxylic acids is 2. The first-order valence-corrected chi connectivity index (χ1v) is 7.64. The molecule has 0 aliphatic carbocycles. The van der Waals surface area contributed by atoms with Crippen LogP contribution >= 0.6 is 0 Å². The maximum absolute atomic E-state index is 11.1. The Morgan fingerprint density at radius 1 is 1.18 bits per heavy atom. The van der Waals surface area contributed by atoms with Gasteiger partial charge in [-0.25, -0.2) is 0 Å². The number of benzene rings is 1. The molecule has 0 unspecified atom stereocenters. The summed E-state index contributed by atoms with van der Waals surface area (Å²) in [6, 6.07) is 5.07. The van der Waals surface area contributed by atoms with Crippen molar-refractivity contribution in [2.75, 3.05) is 0 Å². The number of allylic oxidation sites excluding steroid dienone is 1. The second kappa shape index (κ2) is 8.96. The van der Waals surface area contributed by atoms with Gasteiger partial charge in [0.15, 0.2) is 0 Å². The smallest absolute Gasteiger partial charge is 0.303 e. The van der Waals surface area contributed by atoms with Crippen molar-refractivity contribution in [2.45, 2.75) is 31.1 Å². The lowest BCUT2D eigenvalue weighted by Gasteiger charge is -2.07. The number of carbonyl (C=O) groups is 2. The third kappa shape index (κ3) is 7.55. The van der Waals surface area contributed by atoms with Gasteiger partial charge in [0.05, 0.1) is 12.8 Å². The molecule has 0 fully saturated rings. The largest absolute Gasteiger partial charge is 0.481 e. The third-order valence-corrected chi connectivity index (χ3v) is 3.57. The first-order valence-electron chi connectivity index (χ1n) is 6.20. The summed E-state index contributed by atoms with van der Waals surface area (Å²) in [5, 5.41) is 15.8. The zero-order valence-electron chi connectivity index (χ0n) is 12.0. The molecular weight excluding hydrogens is 312 g/mol. The van der Waals surface area contributed by atoms with E-state index in [1.165, 1.54) is 0 Å². The molecule has 0 bridgehead atoms. The molecule has 1 aromatic carbocycles. The molecule has 0 saturated carbocycles. The van der Waals surface area contributed by atoms with Gasteiger partial charge >= 0.3 is 11.9 Å². The van der Waals surface area contributed by atoms with E-state index in [0.29, 0.717) is 17.5 Å². The molecule has 0 aliphatic rings. The molecular formula is C14H18O7S. The molecule has 0 aliphatic heterocycles. The van der Waals surface area contributed by atoms with E-state index in [1.54, 1.807) is 31.2 Å². The van der Waals surface area contributed by atoms with E-state index in [9.17, 15) is 18.0 Å². The summed E-state index contributed by atoms with van der Waals surface area (Å²) in [6.45, 7) is 5.18. The first kappa shape index (κ1) is 19.8. The van der Waals surface area contributed by atoms with Crippen molar-refractivity contribution >= 4 is 22.1 Å². The van der Waals surface area contributed by atoms with Crippen LogP contribution in [0.25, 0.3) is 0 Å². The first-order chi connectivity index (χ1) is 10.1. The molecule has 22 heavy (non-hydrogen) atoms. The van der Waals surface area contributed by atoms with Crippen LogP contribution in [0.1, 0.15) is 24.0 Å². The Morgan fingerprint density at radius 3 is 2.05 bits per heavy atom. The van der Waals surface area contributed by atoms with Gasteiger partial charge in [-0.1, -0.05) is 24.3 Å². The van der Waals surface area contributed by atoms with E-state index < -0.39 is 22.1 Å². The summed E-state index contributed by atoms with van der Waals surface area (Å²) in [5.41, 5.74) is 1.12. The van der Waals surface area contributed by atoms with Crippen molar-refractivity contribution in [1.29, 1.82) is 0 Å². The summed E-state index contributed by atoms with van der Waals surface area (Å²) in [4.78, 5) is 19.3. The summed E-state index contributed by atoms with van der Waals surface area (Å²) in [6.07, 6.45) is 1.44. The van der Waals surface area contributed by atoms with Gasteiger partial charge in [0.1, 0.15) is 4.90 Å². The standard InChI is InChI=1S/C10H12O3S.C4H6O4/c1-3-5-9-7-4-6-8(2)10(9)14(11,12)13;5-3(6)1-2-4(7)8/h3-4,6-7H,1,5H2,2H3,(H,11,12,13);1-2H2,(H,5,6)(H,7,8). The van der Waals surface area contributed by atoms with E-state index in [4.69, 9.17) is 14.8 Å². The highest BCUT2D eigenvalue weighted by molar-refractivity contribution is 7.86. The topological polar surface area (TPSA) is 129 Å². The number of hydrogen-bond donors (Lipinski definition) is 3. The van der Waals surface area contributed by atoms with Gasteiger partial charge in [-0.2, -0.15) is 8.42 Å². The Hall–Kier alpha value is -2.19. The lowest BCUT2D eigenvalue weighted by Crippen LogP contribution is -2.05. The highest BCUT2D eigenvalue weighted by Gasteiger charge is 2.16. The van der Waals surface area contributed by atoms with Gasteiger partial charge in [-0.15, -0.1) is 6.58 Å². The molecule has 0 aromatic heterocycles. The minimum atomic E-state index is -4.13. The predicted octanol–water partition coefficient (Wildman–Crippen LogP) is 1.91. The number of aliphatic carboxylic acids is 2. The molecule has 0 amide bonds. The van der Waals surface area contributed by atoms with Gasteiger partial charge in [0.25, 0.3) is 10.1 Å². The van der Waals surface area contributed by atoms with Crippen LogP contribution in [0, 0.1) is 6.92 Å². The van der Waals surface area contributed by atoms with Crippen molar-refractivity contribution in [3.8, 4) is 0 Å². The summed E-state index contributed by atoms with van der Waals surface area (Å²) in [7, 11) is -4.13. The molecule has 0 spiro atoms. The quantitative estimate of drug-likeness (QED) is 0.536. The Balaban J connectivity index is 0.000000472. The van der Waals surface area contributed by atoms with Crippen LogP contribution in [-0.2, 0) is 26.1 Å². The van der Waals surface area contributed by atoms with Crippen LogP contribution in [0.15, 0.2) is 35.7 Å². The van der Waals surface area contributed by atoms with Crippen molar-refractivity contribution in [3.63, 3.8) is 0 Å². The molecule has 0 radical (unpaired) electrons. The fourth-order valence-corrected chi connectivity index (χ4v) is 2.57. The molecule has 0 heterocycles. The van der Waals surface area contributed by atoms with Crippen LogP contribution < -0.4 is 0 Å². The fraction of sp³-hybridized carbons (Fsp3) is 0.286. The lowest BCUT2D eigenvalue weighted by molar-refractivity contribution is -0.143. The average Bonchev–Trinajstić information content (AvgIpc) is 2.36. The second-order valence-electron chi connectivity index (χ2n) is 4.32. The van der Waals surface area contributed by atoms with Crippen molar-refractivity contribution in [2.24, 2.45) is 0 Å². The Bertz CT molecular complexity index is 633. The molecule has 1 rings (SSSR count). The predicted molar refractivity (Wildman–Crippen MR) is 79.4 cm³/mol. The molecule has 3 N–H and O–H groups in total. The Kier molecular flexibility index (Phi) is 8.06. The van der Waals surface area contributed by atoms with Crippen molar-refractivity contribution in [1.82, 2.24) is 0 Å². The van der Waals surface area contributed by atoms with E-state index in [-0.39, 0.29) is 17.7 Å². The minimum absolute atomic E-state index is 0.0000926. The zero-order chi connectivity index (χ0) is 17.3. The summed E-state index contributed by atoms with van der Waals surface area (Å²) < 4.78 is 31.2.